The molecule has 3 rings (SSSR count). The molecule has 0 aliphatic rings. The molecule has 0 unspecified atom stereocenters. The summed E-state index contributed by atoms with van der Waals surface area (Å²) in [7, 11) is 1.34. The van der Waals surface area contributed by atoms with E-state index in [1.807, 2.05) is 18.2 Å². The Balaban J connectivity index is 1.87. The highest BCUT2D eigenvalue weighted by molar-refractivity contribution is 9.10. The Morgan fingerprint density at radius 3 is 2.60 bits per heavy atom. The minimum atomic E-state index is -0.406. The van der Waals surface area contributed by atoms with Gasteiger partial charge in [-0.1, -0.05) is 47.0 Å². The number of amides is 1. The number of thiazole rings is 1. The molecule has 0 aliphatic heterocycles. The van der Waals surface area contributed by atoms with Crippen molar-refractivity contribution in [3.63, 3.8) is 0 Å². The molecule has 158 valence electrons. The molecular weight excluding hydrogens is 468 g/mol. The van der Waals surface area contributed by atoms with Gasteiger partial charge in [-0.25, -0.2) is 0 Å². The molecule has 1 heterocycles. The quantitative estimate of drug-likeness (QED) is 0.330. The lowest BCUT2D eigenvalue weighted by Crippen LogP contribution is -2.22. The molecule has 8 heteroatoms. The fourth-order valence-electron chi connectivity index (χ4n) is 2.87. The molecule has 3 aromatic rings. The fourth-order valence-corrected chi connectivity index (χ4v) is 4.45. The van der Waals surface area contributed by atoms with Crippen molar-refractivity contribution in [3.8, 4) is 5.75 Å². The number of nitrogens with zero attached hydrogens (tertiary/aromatic N) is 2. The number of hydrogen-bond acceptors (Lipinski definition) is 5. The molecule has 0 aliphatic carbocycles. The normalized spacial score (nSPS) is 11.6. The molecular formula is C22H23BrN2O4S. The summed E-state index contributed by atoms with van der Waals surface area (Å²) in [5, 5.41) is 0. The lowest BCUT2D eigenvalue weighted by molar-refractivity contribution is -0.141. The average molecular weight is 491 g/mol. The van der Waals surface area contributed by atoms with Gasteiger partial charge in [-0.3, -0.25) is 9.59 Å². The number of ether oxygens (including phenoxy) is 2. The molecule has 1 aromatic heterocycles. The number of hydrogen-bond donors (Lipinski definition) is 0. The van der Waals surface area contributed by atoms with Gasteiger partial charge in [-0.2, -0.15) is 4.99 Å². The summed E-state index contributed by atoms with van der Waals surface area (Å²) < 4.78 is 14.0. The molecule has 2 aromatic carbocycles. The van der Waals surface area contributed by atoms with E-state index in [0.717, 1.165) is 39.7 Å². The van der Waals surface area contributed by atoms with Crippen molar-refractivity contribution in [1.82, 2.24) is 4.57 Å². The summed E-state index contributed by atoms with van der Waals surface area (Å²) in [5.74, 6) is -0.0528. The van der Waals surface area contributed by atoms with E-state index in [-0.39, 0.29) is 12.5 Å². The van der Waals surface area contributed by atoms with E-state index >= 15 is 0 Å². The summed E-state index contributed by atoms with van der Waals surface area (Å²) in [6.07, 6.45) is 3.28. The zero-order chi connectivity index (χ0) is 21.5. The Kier molecular flexibility index (Phi) is 7.81. The topological polar surface area (TPSA) is 69.9 Å². The number of carbonyl (C=O) groups is 2. The van der Waals surface area contributed by atoms with E-state index in [4.69, 9.17) is 9.47 Å². The van der Waals surface area contributed by atoms with Crippen LogP contribution in [0.1, 0.15) is 36.5 Å². The Bertz CT molecular complexity index is 1100. The second-order valence-electron chi connectivity index (χ2n) is 6.66. The van der Waals surface area contributed by atoms with Crippen molar-refractivity contribution in [2.75, 3.05) is 13.7 Å². The molecule has 6 nitrogen and oxygen atoms in total. The zero-order valence-electron chi connectivity index (χ0n) is 16.9. The maximum atomic E-state index is 12.7. The van der Waals surface area contributed by atoms with Crippen LogP contribution in [0.5, 0.6) is 5.75 Å². The highest BCUT2D eigenvalue weighted by Gasteiger charge is 2.13. The van der Waals surface area contributed by atoms with E-state index < -0.39 is 5.97 Å². The first-order chi connectivity index (χ1) is 14.5. The van der Waals surface area contributed by atoms with Gasteiger partial charge in [0.15, 0.2) is 4.80 Å². The number of fused-ring (bicyclic) bond motifs is 1. The third kappa shape index (κ3) is 5.58. The Labute approximate surface area is 187 Å². The highest BCUT2D eigenvalue weighted by atomic mass is 79.9. The third-order valence-electron chi connectivity index (χ3n) is 4.47. The number of aromatic nitrogens is 1. The summed E-state index contributed by atoms with van der Waals surface area (Å²) in [6, 6.07) is 12.7. The van der Waals surface area contributed by atoms with Crippen LogP contribution in [0.25, 0.3) is 10.2 Å². The van der Waals surface area contributed by atoms with Crippen molar-refractivity contribution in [2.24, 2.45) is 4.99 Å². The van der Waals surface area contributed by atoms with E-state index in [9.17, 15) is 9.59 Å². The van der Waals surface area contributed by atoms with Crippen molar-refractivity contribution >= 4 is 49.4 Å². The summed E-state index contributed by atoms with van der Waals surface area (Å²) in [4.78, 5) is 29.3. The first kappa shape index (κ1) is 22.2. The van der Waals surface area contributed by atoms with Crippen LogP contribution in [0, 0.1) is 0 Å². The molecule has 30 heavy (non-hydrogen) atoms. The molecule has 0 bridgehead atoms. The third-order valence-corrected chi connectivity index (χ3v) is 6.01. The fraction of sp³-hybridized carbons (Fsp3) is 0.318. The standard InChI is InChI=1S/C22H23BrN2O4S/c1-3-4-5-12-29-17-9-6-15(7-10-17)21(27)24-22-25(14-20(26)28-2)18-11-8-16(23)13-19(18)30-22/h6-11,13H,3-5,12,14H2,1-2H3. The van der Waals surface area contributed by atoms with Gasteiger partial charge in [0.05, 0.1) is 23.9 Å². The predicted octanol–water partition coefficient (Wildman–Crippen LogP) is 4.95. The van der Waals surface area contributed by atoms with Crippen LogP contribution in [0.2, 0.25) is 0 Å². The van der Waals surface area contributed by atoms with Crippen molar-refractivity contribution in [1.29, 1.82) is 0 Å². The largest absolute Gasteiger partial charge is 0.494 e. The van der Waals surface area contributed by atoms with Crippen LogP contribution >= 0.6 is 27.3 Å². The van der Waals surface area contributed by atoms with Gasteiger partial charge in [-0.15, -0.1) is 0 Å². The number of unbranched alkanes of at least 4 members (excludes halogenated alkanes) is 2. The highest BCUT2D eigenvalue weighted by Crippen LogP contribution is 2.22. The van der Waals surface area contributed by atoms with Crippen LogP contribution in [0.15, 0.2) is 51.9 Å². The van der Waals surface area contributed by atoms with Gasteiger partial charge in [0.2, 0.25) is 0 Å². The number of methoxy groups -OCH3 is 1. The summed E-state index contributed by atoms with van der Waals surface area (Å²) in [5.41, 5.74) is 1.27. The number of rotatable bonds is 8. The minimum absolute atomic E-state index is 0.0191. The molecule has 0 N–H and O–H groups in total. The van der Waals surface area contributed by atoms with Crippen LogP contribution in [0.3, 0.4) is 0 Å². The van der Waals surface area contributed by atoms with Gasteiger partial charge in [0.25, 0.3) is 5.91 Å². The molecule has 0 saturated carbocycles. The van der Waals surface area contributed by atoms with Crippen LogP contribution in [-0.4, -0.2) is 30.2 Å². The van der Waals surface area contributed by atoms with Crippen molar-refractivity contribution in [3.05, 3.63) is 57.3 Å². The average Bonchev–Trinajstić information content (AvgIpc) is 3.07. The van der Waals surface area contributed by atoms with Crippen molar-refractivity contribution < 1.29 is 19.1 Å². The second kappa shape index (κ2) is 10.5. The van der Waals surface area contributed by atoms with Crippen LogP contribution in [0.4, 0.5) is 0 Å². The molecule has 0 spiro atoms. The van der Waals surface area contributed by atoms with E-state index in [1.54, 1.807) is 28.8 Å². The zero-order valence-corrected chi connectivity index (χ0v) is 19.3. The molecule has 0 radical (unpaired) electrons. The molecule has 0 fully saturated rings. The maximum Gasteiger partial charge on any atom is 0.325 e. The minimum Gasteiger partial charge on any atom is -0.494 e. The first-order valence-corrected chi connectivity index (χ1v) is 11.3. The Morgan fingerprint density at radius 2 is 1.90 bits per heavy atom. The van der Waals surface area contributed by atoms with E-state index in [0.29, 0.717) is 17.0 Å². The number of halogens is 1. The summed E-state index contributed by atoms with van der Waals surface area (Å²) >= 11 is 4.79. The second-order valence-corrected chi connectivity index (χ2v) is 8.58. The number of esters is 1. The molecule has 0 atom stereocenters. The molecule has 1 amide bonds. The van der Waals surface area contributed by atoms with E-state index in [2.05, 4.69) is 27.8 Å². The van der Waals surface area contributed by atoms with Crippen LogP contribution < -0.4 is 9.54 Å². The number of benzene rings is 2. The van der Waals surface area contributed by atoms with E-state index in [1.165, 1.54) is 18.4 Å². The maximum absolute atomic E-state index is 12.7. The SMILES string of the molecule is CCCCCOc1ccc(C(=O)N=c2sc3cc(Br)ccc3n2CC(=O)OC)cc1. The first-order valence-electron chi connectivity index (χ1n) is 9.69. The Hall–Kier alpha value is -2.45. The molecule has 0 saturated heterocycles. The van der Waals surface area contributed by atoms with Gasteiger partial charge in [-0.05, 0) is 48.9 Å². The smallest absolute Gasteiger partial charge is 0.325 e. The van der Waals surface area contributed by atoms with Crippen molar-refractivity contribution in [2.45, 2.75) is 32.7 Å². The van der Waals surface area contributed by atoms with Gasteiger partial charge < -0.3 is 14.0 Å². The summed E-state index contributed by atoms with van der Waals surface area (Å²) in [6.45, 7) is 2.79. The lowest BCUT2D eigenvalue weighted by atomic mass is 10.2. The van der Waals surface area contributed by atoms with Crippen LogP contribution in [-0.2, 0) is 16.1 Å². The lowest BCUT2D eigenvalue weighted by Gasteiger charge is -2.06. The predicted molar refractivity (Wildman–Crippen MR) is 121 cm³/mol. The number of carbonyl (C=O) groups excluding carboxylic acids is 2. The Morgan fingerprint density at radius 1 is 1.13 bits per heavy atom. The monoisotopic (exact) mass is 490 g/mol. The van der Waals surface area contributed by atoms with Gasteiger partial charge in [0, 0.05) is 10.0 Å². The van der Waals surface area contributed by atoms with Gasteiger partial charge in [0.1, 0.15) is 12.3 Å². The van der Waals surface area contributed by atoms with Gasteiger partial charge >= 0.3 is 5.97 Å².